The van der Waals surface area contributed by atoms with E-state index in [9.17, 15) is 4.79 Å². The number of hydrogen-bond donors (Lipinski definition) is 2. The maximum absolute atomic E-state index is 12.9. The molecule has 3 N–H and O–H groups in total. The van der Waals surface area contributed by atoms with E-state index in [1.54, 1.807) is 6.20 Å². The van der Waals surface area contributed by atoms with Crippen LogP contribution in [0.4, 0.5) is 5.82 Å². The van der Waals surface area contributed by atoms with E-state index < -0.39 is 0 Å². The summed E-state index contributed by atoms with van der Waals surface area (Å²) in [5, 5.41) is 7.45. The summed E-state index contributed by atoms with van der Waals surface area (Å²) in [6.45, 7) is 6.87. The number of nitrogens with one attached hydrogen (secondary N) is 1. The van der Waals surface area contributed by atoms with Crippen LogP contribution in [-0.2, 0) is 48.0 Å². The number of amides is 1. The third kappa shape index (κ3) is 9.41. The van der Waals surface area contributed by atoms with Gasteiger partial charge in [0.05, 0.1) is 84.4 Å². The number of rotatable bonds is 20. The summed E-state index contributed by atoms with van der Waals surface area (Å²) in [6.07, 6.45) is 6.23. The van der Waals surface area contributed by atoms with Crippen molar-refractivity contribution in [3.05, 3.63) is 65.7 Å². The van der Waals surface area contributed by atoms with Gasteiger partial charge in [-0.05, 0) is 35.2 Å². The lowest BCUT2D eigenvalue weighted by Crippen LogP contribution is -2.36. The van der Waals surface area contributed by atoms with Crippen molar-refractivity contribution < 1.29 is 28.5 Å². The summed E-state index contributed by atoms with van der Waals surface area (Å²) in [4.78, 5) is 31.3. The summed E-state index contributed by atoms with van der Waals surface area (Å²) < 4.78 is 29.3. The number of anilines is 1. The van der Waals surface area contributed by atoms with Crippen molar-refractivity contribution in [2.75, 3.05) is 83.7 Å². The second-order valence-electron chi connectivity index (χ2n) is 11.8. The van der Waals surface area contributed by atoms with E-state index in [-0.39, 0.29) is 5.91 Å². The van der Waals surface area contributed by atoms with Crippen molar-refractivity contribution in [2.24, 2.45) is 0 Å². The first-order chi connectivity index (χ1) is 24.6. The summed E-state index contributed by atoms with van der Waals surface area (Å²) in [7, 11) is 0. The van der Waals surface area contributed by atoms with E-state index >= 15 is 0 Å². The topological polar surface area (TPSA) is 165 Å². The van der Waals surface area contributed by atoms with Crippen LogP contribution < -0.4 is 5.73 Å². The van der Waals surface area contributed by atoms with Crippen LogP contribution in [0, 0.1) is 0 Å². The van der Waals surface area contributed by atoms with Crippen LogP contribution in [0.2, 0.25) is 0 Å². The van der Waals surface area contributed by atoms with Crippen molar-refractivity contribution in [3.8, 4) is 11.3 Å². The lowest BCUT2D eigenvalue weighted by molar-refractivity contribution is -0.133. The average Bonchev–Trinajstić information content (AvgIpc) is 3.76. The van der Waals surface area contributed by atoms with Crippen LogP contribution in [-0.4, -0.2) is 118 Å². The number of H-pyrrole nitrogens is 1. The maximum Gasteiger partial charge on any atom is 0.225 e. The molecule has 0 spiro atoms. The molecule has 1 aliphatic heterocycles. The Balaban J connectivity index is 0.919. The van der Waals surface area contributed by atoms with E-state index in [1.165, 1.54) is 11.9 Å². The second-order valence-corrected chi connectivity index (χ2v) is 12.6. The zero-order valence-electron chi connectivity index (χ0n) is 28.0. The molecule has 50 heavy (non-hydrogen) atoms. The molecule has 1 aliphatic rings. The van der Waals surface area contributed by atoms with Gasteiger partial charge in [-0.25, -0.2) is 19.6 Å². The molecule has 5 heterocycles. The molecule has 0 aliphatic carbocycles. The zero-order valence-corrected chi connectivity index (χ0v) is 29.6. The predicted octanol–water partition coefficient (Wildman–Crippen LogP) is 3.75. The highest BCUT2D eigenvalue weighted by molar-refractivity contribution is 9.09. The Morgan fingerprint density at radius 2 is 1.58 bits per heavy atom. The van der Waals surface area contributed by atoms with Gasteiger partial charge in [-0.15, -0.1) is 0 Å². The molecule has 1 aromatic carbocycles. The van der Waals surface area contributed by atoms with Crippen molar-refractivity contribution >= 4 is 49.7 Å². The number of nitrogen functional groups attached to an aromatic ring is 1. The Bertz CT molecular complexity index is 1850. The van der Waals surface area contributed by atoms with Crippen LogP contribution in [0.1, 0.15) is 23.1 Å². The van der Waals surface area contributed by atoms with Gasteiger partial charge in [0.2, 0.25) is 5.91 Å². The number of benzene rings is 1. The maximum atomic E-state index is 12.9. The molecule has 4 aromatic heterocycles. The molecular weight excluding hydrogens is 708 g/mol. The molecular formula is C35H43BrN8O6. The third-order valence-electron chi connectivity index (χ3n) is 8.37. The normalized spacial score (nSPS) is 13.0. The lowest BCUT2D eigenvalue weighted by Gasteiger charge is -2.29. The monoisotopic (exact) mass is 750 g/mol. The van der Waals surface area contributed by atoms with E-state index in [0.717, 1.165) is 39.5 Å². The number of hydrogen-bond acceptors (Lipinski definition) is 11. The van der Waals surface area contributed by atoms with Gasteiger partial charge in [-0.1, -0.05) is 34.1 Å². The van der Waals surface area contributed by atoms with E-state index in [4.69, 9.17) is 34.5 Å². The van der Waals surface area contributed by atoms with Gasteiger partial charge in [0.1, 0.15) is 23.5 Å². The lowest BCUT2D eigenvalue weighted by atomic mass is 9.97. The van der Waals surface area contributed by atoms with E-state index in [0.29, 0.717) is 115 Å². The number of nitrogens with two attached hydrogens (primary N) is 1. The minimum absolute atomic E-state index is 0.0890. The molecule has 0 atom stereocenters. The summed E-state index contributed by atoms with van der Waals surface area (Å²) in [5.74, 6) is 0.465. The number of fused-ring (bicyclic) bond motifs is 3. The van der Waals surface area contributed by atoms with Crippen LogP contribution in [0.5, 0.6) is 0 Å². The third-order valence-corrected chi connectivity index (χ3v) is 8.69. The summed E-state index contributed by atoms with van der Waals surface area (Å²) in [6, 6.07) is 10.4. The Hall–Kier alpha value is -3.99. The minimum atomic E-state index is 0.0890. The fourth-order valence-corrected chi connectivity index (χ4v) is 6.09. The van der Waals surface area contributed by atoms with Crippen LogP contribution in [0.25, 0.3) is 33.3 Å². The zero-order chi connectivity index (χ0) is 34.5. The molecule has 0 radical (unpaired) electrons. The largest absolute Gasteiger partial charge is 0.383 e. The molecule has 0 unspecified atom stereocenters. The van der Waals surface area contributed by atoms with Gasteiger partial charge in [0.25, 0.3) is 0 Å². The number of carbonyl (C=O) groups is 1. The number of ether oxygens (including phenoxy) is 5. The Kier molecular flexibility index (Phi) is 13.1. The summed E-state index contributed by atoms with van der Waals surface area (Å²) >= 11 is 3.31. The van der Waals surface area contributed by atoms with Gasteiger partial charge < -0.3 is 39.3 Å². The molecule has 0 saturated carbocycles. The Morgan fingerprint density at radius 1 is 0.860 bits per heavy atom. The Morgan fingerprint density at radius 3 is 2.32 bits per heavy atom. The number of aromatic nitrogens is 6. The quantitative estimate of drug-likeness (QED) is 0.0880. The minimum Gasteiger partial charge on any atom is -0.383 e. The van der Waals surface area contributed by atoms with Crippen molar-refractivity contribution in [2.45, 2.75) is 25.9 Å². The summed E-state index contributed by atoms with van der Waals surface area (Å²) in [5.41, 5.74) is 12.8. The highest BCUT2D eigenvalue weighted by atomic mass is 79.9. The highest BCUT2D eigenvalue weighted by Gasteiger charge is 2.22. The first-order valence-electron chi connectivity index (χ1n) is 16.8. The standard InChI is InChI=1S/C35H43BrN8O6/c36-6-10-47-12-14-49-16-18-50-17-15-48-13-11-46-9-5-30(45)43-8-4-26-19-25(1-2-28(26)23-43)22-44-35-31(33(37)40-24-41-35)32(42-44)29-20-27-3-7-38-34(27)39-21-29/h1-3,7,19-21,24H,4-6,8-18,22-23H2,(H,38,39)(H2,37,40,41). The Labute approximate surface area is 298 Å². The highest BCUT2D eigenvalue weighted by Crippen LogP contribution is 2.32. The molecule has 6 rings (SSSR count). The molecule has 1 amide bonds. The number of carbonyl (C=O) groups excluding carboxylic acids is 1. The molecule has 266 valence electrons. The van der Waals surface area contributed by atoms with Crippen LogP contribution >= 0.6 is 15.9 Å². The number of pyridine rings is 1. The molecule has 5 aromatic rings. The van der Waals surface area contributed by atoms with Crippen molar-refractivity contribution in [3.63, 3.8) is 0 Å². The van der Waals surface area contributed by atoms with Gasteiger partial charge in [0.15, 0.2) is 5.65 Å². The van der Waals surface area contributed by atoms with Gasteiger partial charge in [-0.2, -0.15) is 5.10 Å². The van der Waals surface area contributed by atoms with Gasteiger partial charge >= 0.3 is 0 Å². The number of halogens is 1. The van der Waals surface area contributed by atoms with Crippen LogP contribution in [0.3, 0.4) is 0 Å². The van der Waals surface area contributed by atoms with Crippen LogP contribution in [0.15, 0.2) is 49.1 Å². The molecule has 0 bridgehead atoms. The number of nitrogens with zero attached hydrogens (tertiary/aromatic N) is 6. The fourth-order valence-electron chi connectivity index (χ4n) is 5.86. The van der Waals surface area contributed by atoms with E-state index in [1.807, 2.05) is 27.9 Å². The van der Waals surface area contributed by atoms with Gasteiger partial charge in [0, 0.05) is 41.8 Å². The molecule has 15 heteroatoms. The van der Waals surface area contributed by atoms with Gasteiger partial charge in [-0.3, -0.25) is 4.79 Å². The first kappa shape index (κ1) is 35.8. The van der Waals surface area contributed by atoms with Crippen molar-refractivity contribution in [1.82, 2.24) is 34.6 Å². The SMILES string of the molecule is Nc1ncnc2c1c(-c1cnc3[nH]ccc3c1)nn2Cc1ccc2c(c1)CCN(C(=O)CCOCCOCCOCCOCCOCCBr)C2. The smallest absolute Gasteiger partial charge is 0.225 e. The first-order valence-corrected chi connectivity index (χ1v) is 18.0. The number of aromatic amines is 1. The predicted molar refractivity (Wildman–Crippen MR) is 192 cm³/mol. The van der Waals surface area contributed by atoms with E-state index in [2.05, 4.69) is 54.1 Å². The second kappa shape index (κ2) is 18.3. The van der Waals surface area contributed by atoms with Crippen molar-refractivity contribution in [1.29, 1.82) is 0 Å². The molecule has 0 fully saturated rings. The fraction of sp³-hybridized carbons (Fsp3) is 0.457. The number of alkyl halides is 1. The molecule has 0 saturated heterocycles. The average molecular weight is 752 g/mol. The molecule has 14 nitrogen and oxygen atoms in total.